The number of aliphatic hydroxyl groups is 1. The highest BCUT2D eigenvalue weighted by molar-refractivity contribution is 5.16. The van der Waals surface area contributed by atoms with Crippen LogP contribution in [0.3, 0.4) is 0 Å². The fraction of sp³-hybridized carbons (Fsp3) is 0.778. The summed E-state index contributed by atoms with van der Waals surface area (Å²) in [5, 5.41) is 9.92. The summed E-state index contributed by atoms with van der Waals surface area (Å²) in [4.78, 5) is 11.2. The van der Waals surface area contributed by atoms with Gasteiger partial charge in [0.25, 0.3) is 0 Å². The van der Waals surface area contributed by atoms with Gasteiger partial charge < -0.3 is 10.0 Å². The molecule has 1 aromatic heterocycles. The zero-order valence-corrected chi connectivity index (χ0v) is 14.8. The van der Waals surface area contributed by atoms with Gasteiger partial charge in [-0.1, -0.05) is 20.8 Å². The average Bonchev–Trinajstić information content (AvgIpc) is 2.39. The van der Waals surface area contributed by atoms with Crippen molar-refractivity contribution in [3.63, 3.8) is 0 Å². The van der Waals surface area contributed by atoms with Crippen LogP contribution < -0.4 is 0 Å². The molecule has 0 amide bonds. The molecule has 124 valence electrons. The second-order valence-corrected chi connectivity index (χ2v) is 8.38. The number of likely N-dealkylation sites (tertiary alicyclic amines) is 1. The number of rotatable bonds is 4. The maximum Gasteiger partial charge on any atom is 0.115 e. The third kappa shape index (κ3) is 5.33. The standard InChI is InChI=1S/C18H31N3O/c1-17(2,3)16-11-15(19-13-20-16)10-14-6-8-21(9-7-14)12-18(4,5)22/h11,13-14,22H,6-10,12H2,1-5H3. The van der Waals surface area contributed by atoms with E-state index in [4.69, 9.17) is 0 Å². The van der Waals surface area contributed by atoms with Crippen molar-refractivity contribution in [1.82, 2.24) is 14.9 Å². The first-order valence-corrected chi connectivity index (χ1v) is 8.40. The molecule has 1 fully saturated rings. The molecular weight excluding hydrogens is 274 g/mol. The van der Waals surface area contributed by atoms with Gasteiger partial charge in [-0.05, 0) is 58.2 Å². The van der Waals surface area contributed by atoms with Gasteiger partial charge in [0.15, 0.2) is 0 Å². The monoisotopic (exact) mass is 305 g/mol. The largest absolute Gasteiger partial charge is 0.389 e. The lowest BCUT2D eigenvalue weighted by atomic mass is 9.88. The van der Waals surface area contributed by atoms with Crippen LogP contribution in [0.1, 0.15) is 58.8 Å². The van der Waals surface area contributed by atoms with E-state index in [9.17, 15) is 5.11 Å². The Hall–Kier alpha value is -1.00. The van der Waals surface area contributed by atoms with Crippen molar-refractivity contribution in [2.45, 2.75) is 64.9 Å². The lowest BCUT2D eigenvalue weighted by Gasteiger charge is -2.35. The molecule has 0 aromatic carbocycles. The minimum atomic E-state index is -0.596. The van der Waals surface area contributed by atoms with E-state index < -0.39 is 5.60 Å². The molecule has 1 aliphatic heterocycles. The van der Waals surface area contributed by atoms with Crippen molar-refractivity contribution in [2.75, 3.05) is 19.6 Å². The van der Waals surface area contributed by atoms with Gasteiger partial charge in [-0.15, -0.1) is 0 Å². The van der Waals surface area contributed by atoms with Gasteiger partial charge in [0.2, 0.25) is 0 Å². The van der Waals surface area contributed by atoms with Crippen molar-refractivity contribution in [1.29, 1.82) is 0 Å². The fourth-order valence-electron chi connectivity index (χ4n) is 3.11. The van der Waals surface area contributed by atoms with E-state index >= 15 is 0 Å². The summed E-state index contributed by atoms with van der Waals surface area (Å²) in [7, 11) is 0. The minimum absolute atomic E-state index is 0.0771. The molecule has 0 spiro atoms. The molecule has 0 atom stereocenters. The van der Waals surface area contributed by atoms with Crippen molar-refractivity contribution in [2.24, 2.45) is 5.92 Å². The second-order valence-electron chi connectivity index (χ2n) is 8.38. The maximum absolute atomic E-state index is 9.92. The van der Waals surface area contributed by atoms with E-state index in [1.54, 1.807) is 6.33 Å². The summed E-state index contributed by atoms with van der Waals surface area (Å²) in [5.74, 6) is 0.695. The number of nitrogens with zero attached hydrogens (tertiary/aromatic N) is 3. The molecule has 4 heteroatoms. The molecule has 0 saturated carbocycles. The quantitative estimate of drug-likeness (QED) is 0.929. The zero-order valence-electron chi connectivity index (χ0n) is 14.8. The van der Waals surface area contributed by atoms with Crippen LogP contribution >= 0.6 is 0 Å². The first-order valence-electron chi connectivity index (χ1n) is 8.40. The minimum Gasteiger partial charge on any atom is -0.389 e. The summed E-state index contributed by atoms with van der Waals surface area (Å²) < 4.78 is 0. The topological polar surface area (TPSA) is 49.2 Å². The molecule has 22 heavy (non-hydrogen) atoms. The normalized spacial score (nSPS) is 18.6. The van der Waals surface area contributed by atoms with E-state index in [2.05, 4.69) is 41.7 Å². The van der Waals surface area contributed by atoms with E-state index in [-0.39, 0.29) is 5.41 Å². The molecular formula is C18H31N3O. The highest BCUT2D eigenvalue weighted by Gasteiger charge is 2.24. The summed E-state index contributed by atoms with van der Waals surface area (Å²) in [6.07, 6.45) is 5.12. The first kappa shape index (κ1) is 17.4. The second kappa shape index (κ2) is 6.63. The molecule has 0 aliphatic carbocycles. The Balaban J connectivity index is 1.89. The number of hydrogen-bond acceptors (Lipinski definition) is 4. The predicted molar refractivity (Wildman–Crippen MR) is 89.9 cm³/mol. The summed E-state index contributed by atoms with van der Waals surface area (Å²) in [6, 6.07) is 2.17. The molecule has 0 bridgehead atoms. The molecule has 1 aliphatic rings. The Kier molecular flexibility index (Phi) is 5.23. The lowest BCUT2D eigenvalue weighted by Crippen LogP contribution is -2.43. The van der Waals surface area contributed by atoms with Crippen LogP contribution in [-0.2, 0) is 11.8 Å². The Labute approximate surface area is 135 Å². The summed E-state index contributed by atoms with van der Waals surface area (Å²) in [5.41, 5.74) is 1.77. The summed E-state index contributed by atoms with van der Waals surface area (Å²) in [6.45, 7) is 13.2. The number of piperidine rings is 1. The highest BCUT2D eigenvalue weighted by Crippen LogP contribution is 2.24. The van der Waals surface area contributed by atoms with Gasteiger partial charge in [-0.25, -0.2) is 9.97 Å². The lowest BCUT2D eigenvalue weighted by molar-refractivity contribution is 0.0244. The van der Waals surface area contributed by atoms with Crippen LogP contribution in [0, 0.1) is 5.92 Å². The van der Waals surface area contributed by atoms with Crippen LogP contribution in [0.15, 0.2) is 12.4 Å². The van der Waals surface area contributed by atoms with E-state index in [1.807, 2.05) is 13.8 Å². The maximum atomic E-state index is 9.92. The predicted octanol–water partition coefficient (Wildman–Crippen LogP) is 2.80. The van der Waals surface area contributed by atoms with Crippen LogP contribution in [0.25, 0.3) is 0 Å². The van der Waals surface area contributed by atoms with Gasteiger partial charge >= 0.3 is 0 Å². The number of β-amino-alcohol motifs (C(OH)–C–C–N with tert-alkyl or cyclic N) is 1. The Morgan fingerprint density at radius 3 is 2.32 bits per heavy atom. The van der Waals surface area contributed by atoms with Crippen molar-refractivity contribution < 1.29 is 5.11 Å². The van der Waals surface area contributed by atoms with Gasteiger partial charge in [-0.2, -0.15) is 0 Å². The Bertz CT molecular complexity index is 480. The fourth-order valence-corrected chi connectivity index (χ4v) is 3.11. The molecule has 2 heterocycles. The third-order valence-corrected chi connectivity index (χ3v) is 4.31. The van der Waals surface area contributed by atoms with Crippen LogP contribution in [0.5, 0.6) is 0 Å². The van der Waals surface area contributed by atoms with Crippen LogP contribution in [0.4, 0.5) is 0 Å². The molecule has 1 saturated heterocycles. The molecule has 1 N–H and O–H groups in total. The van der Waals surface area contributed by atoms with Crippen molar-refractivity contribution in [3.05, 3.63) is 23.8 Å². The molecule has 1 aromatic rings. The van der Waals surface area contributed by atoms with Gasteiger partial charge in [0, 0.05) is 23.3 Å². The van der Waals surface area contributed by atoms with E-state index in [0.717, 1.165) is 31.7 Å². The zero-order chi connectivity index (χ0) is 16.4. The number of aromatic nitrogens is 2. The van der Waals surface area contributed by atoms with E-state index in [1.165, 1.54) is 18.5 Å². The molecule has 0 radical (unpaired) electrons. The SMILES string of the molecule is CC(C)(O)CN1CCC(Cc2cc(C(C)(C)C)ncn2)CC1. The van der Waals surface area contributed by atoms with Gasteiger partial charge in [0.05, 0.1) is 5.60 Å². The van der Waals surface area contributed by atoms with Crippen LogP contribution in [0.2, 0.25) is 0 Å². The molecule has 0 unspecified atom stereocenters. The smallest absolute Gasteiger partial charge is 0.115 e. The number of hydrogen-bond donors (Lipinski definition) is 1. The van der Waals surface area contributed by atoms with Gasteiger partial charge in [0.1, 0.15) is 6.33 Å². The van der Waals surface area contributed by atoms with Crippen molar-refractivity contribution >= 4 is 0 Å². The van der Waals surface area contributed by atoms with Crippen LogP contribution in [-0.4, -0.2) is 45.2 Å². The molecule has 4 nitrogen and oxygen atoms in total. The Morgan fingerprint density at radius 1 is 1.14 bits per heavy atom. The molecule has 2 rings (SSSR count). The first-order chi connectivity index (χ1) is 10.1. The highest BCUT2D eigenvalue weighted by atomic mass is 16.3. The average molecular weight is 305 g/mol. The Morgan fingerprint density at radius 2 is 1.77 bits per heavy atom. The summed E-state index contributed by atoms with van der Waals surface area (Å²) >= 11 is 0. The third-order valence-electron chi connectivity index (χ3n) is 4.31. The van der Waals surface area contributed by atoms with Crippen molar-refractivity contribution in [3.8, 4) is 0 Å². The van der Waals surface area contributed by atoms with E-state index in [0.29, 0.717) is 5.92 Å². The van der Waals surface area contributed by atoms with Gasteiger partial charge in [-0.3, -0.25) is 0 Å².